The van der Waals surface area contributed by atoms with Crippen LogP contribution in [-0.4, -0.2) is 24.2 Å². The molecule has 6 heteroatoms. The van der Waals surface area contributed by atoms with E-state index in [4.69, 9.17) is 5.73 Å². The quantitative estimate of drug-likeness (QED) is 0.267. The molecule has 116 valence electrons. The maximum absolute atomic E-state index is 10.3. The maximum Gasteiger partial charge on any atom is 0.188 e. The number of aliphatic hydroxyl groups is 1. The third-order valence-corrected chi connectivity index (χ3v) is 4.07. The molecule has 0 bridgehead atoms. The fourth-order valence-corrected chi connectivity index (χ4v) is 2.51. The number of nitrogens with zero attached hydrogens (tertiary/aromatic N) is 1. The van der Waals surface area contributed by atoms with E-state index >= 15 is 0 Å². The van der Waals surface area contributed by atoms with E-state index in [9.17, 15) is 5.11 Å². The van der Waals surface area contributed by atoms with Crippen LogP contribution in [0.15, 0.2) is 22.5 Å². The van der Waals surface area contributed by atoms with Crippen LogP contribution in [0.4, 0.5) is 0 Å². The molecule has 0 saturated heterocycles. The second-order valence-corrected chi connectivity index (χ2v) is 5.89. The lowest BCUT2D eigenvalue weighted by Gasteiger charge is -2.19. The van der Waals surface area contributed by atoms with Crippen molar-refractivity contribution in [2.75, 3.05) is 13.1 Å². The summed E-state index contributed by atoms with van der Waals surface area (Å²) in [6.45, 7) is 5.07. The normalized spacial score (nSPS) is 14.4. The number of unbranched alkanes of at least 4 members (excludes halogenated alkanes) is 3. The van der Waals surface area contributed by atoms with Crippen molar-refractivity contribution >= 4 is 41.3 Å². The first-order valence-electron chi connectivity index (χ1n) is 6.86. The highest BCUT2D eigenvalue weighted by Gasteiger charge is 2.23. The molecule has 1 rings (SSSR count). The molecule has 0 aliphatic carbocycles. The Morgan fingerprint density at radius 2 is 2.20 bits per heavy atom. The van der Waals surface area contributed by atoms with Crippen molar-refractivity contribution in [3.8, 4) is 0 Å². The Hall–Kier alpha value is -0.340. The minimum absolute atomic E-state index is 0. The number of thiophene rings is 1. The van der Waals surface area contributed by atoms with Gasteiger partial charge in [-0.3, -0.25) is 4.99 Å². The summed E-state index contributed by atoms with van der Waals surface area (Å²) in [6, 6.07) is 3.84. The minimum atomic E-state index is -0.942. The molecule has 0 aliphatic heterocycles. The Morgan fingerprint density at radius 1 is 1.45 bits per heavy atom. The molecule has 0 aromatic carbocycles. The first-order valence-corrected chi connectivity index (χ1v) is 7.74. The lowest BCUT2D eigenvalue weighted by molar-refractivity contribution is 0.0712. The number of guanidine groups is 1. The monoisotopic (exact) mass is 411 g/mol. The number of halogens is 1. The van der Waals surface area contributed by atoms with Crippen molar-refractivity contribution in [3.05, 3.63) is 22.4 Å². The number of hydrogen-bond donors (Lipinski definition) is 3. The minimum Gasteiger partial charge on any atom is -0.383 e. The van der Waals surface area contributed by atoms with Gasteiger partial charge in [0, 0.05) is 11.4 Å². The van der Waals surface area contributed by atoms with Gasteiger partial charge < -0.3 is 16.2 Å². The highest BCUT2D eigenvalue weighted by atomic mass is 127. The molecule has 0 saturated carbocycles. The molecule has 1 atom stereocenters. The summed E-state index contributed by atoms with van der Waals surface area (Å²) in [6.07, 6.45) is 4.80. The second kappa shape index (κ2) is 10.4. The van der Waals surface area contributed by atoms with E-state index in [0.717, 1.165) is 17.8 Å². The predicted octanol–water partition coefficient (Wildman–Crippen LogP) is 3.06. The third kappa shape index (κ3) is 7.44. The summed E-state index contributed by atoms with van der Waals surface area (Å²) in [4.78, 5) is 5.12. The summed E-state index contributed by atoms with van der Waals surface area (Å²) >= 11 is 1.53. The largest absolute Gasteiger partial charge is 0.383 e. The van der Waals surface area contributed by atoms with Crippen LogP contribution >= 0.6 is 35.3 Å². The highest BCUT2D eigenvalue weighted by Crippen LogP contribution is 2.25. The summed E-state index contributed by atoms with van der Waals surface area (Å²) < 4.78 is 0. The van der Waals surface area contributed by atoms with E-state index in [1.165, 1.54) is 30.6 Å². The van der Waals surface area contributed by atoms with Crippen molar-refractivity contribution < 1.29 is 5.11 Å². The SMILES string of the molecule is CCCCCCNC(N)=NCC(C)(O)c1cccs1.I. The average molecular weight is 411 g/mol. The zero-order valence-corrected chi connectivity index (χ0v) is 15.4. The van der Waals surface area contributed by atoms with Crippen LogP contribution in [0.2, 0.25) is 0 Å². The third-order valence-electron chi connectivity index (χ3n) is 2.95. The van der Waals surface area contributed by atoms with E-state index in [1.54, 1.807) is 6.92 Å². The Balaban J connectivity index is 0.00000361. The smallest absolute Gasteiger partial charge is 0.188 e. The first-order chi connectivity index (χ1) is 9.06. The van der Waals surface area contributed by atoms with Crippen LogP contribution in [0.1, 0.15) is 44.4 Å². The van der Waals surface area contributed by atoms with Gasteiger partial charge in [-0.2, -0.15) is 0 Å². The average Bonchev–Trinajstić information content (AvgIpc) is 2.91. The predicted molar refractivity (Wildman–Crippen MR) is 97.9 cm³/mol. The van der Waals surface area contributed by atoms with Gasteiger partial charge in [0.05, 0.1) is 6.54 Å². The summed E-state index contributed by atoms with van der Waals surface area (Å²) in [5, 5.41) is 15.3. The number of nitrogens with one attached hydrogen (secondary N) is 1. The summed E-state index contributed by atoms with van der Waals surface area (Å²) in [5.41, 5.74) is 4.84. The molecule has 0 aliphatic rings. The molecule has 20 heavy (non-hydrogen) atoms. The standard InChI is InChI=1S/C14H25N3OS.HI/c1-3-4-5-6-9-16-13(15)17-11-14(2,18)12-8-7-10-19-12;/h7-8,10,18H,3-6,9,11H2,1-2H3,(H3,15,16,17);1H. The molecule has 0 spiro atoms. The number of rotatable bonds is 8. The molecular formula is C14H26IN3OS. The topological polar surface area (TPSA) is 70.6 Å². The fourth-order valence-electron chi connectivity index (χ4n) is 1.73. The van der Waals surface area contributed by atoms with Crippen molar-refractivity contribution in [3.63, 3.8) is 0 Å². The van der Waals surface area contributed by atoms with Gasteiger partial charge in [0.1, 0.15) is 5.60 Å². The molecule has 4 nitrogen and oxygen atoms in total. The zero-order chi connectivity index (χ0) is 14.1. The first kappa shape index (κ1) is 19.7. The molecule has 1 aromatic heterocycles. The van der Waals surface area contributed by atoms with E-state index < -0.39 is 5.60 Å². The lowest BCUT2D eigenvalue weighted by atomic mass is 10.1. The van der Waals surface area contributed by atoms with Gasteiger partial charge in [-0.1, -0.05) is 32.3 Å². The zero-order valence-electron chi connectivity index (χ0n) is 12.3. The summed E-state index contributed by atoms with van der Waals surface area (Å²) in [7, 11) is 0. The van der Waals surface area contributed by atoms with E-state index in [1.807, 2.05) is 17.5 Å². The van der Waals surface area contributed by atoms with Crippen molar-refractivity contribution in [1.29, 1.82) is 0 Å². The number of nitrogens with two attached hydrogens (primary N) is 1. The summed E-state index contributed by atoms with van der Waals surface area (Å²) in [5.74, 6) is 0.410. The van der Waals surface area contributed by atoms with Gasteiger partial charge in [-0.25, -0.2) is 0 Å². The molecular weight excluding hydrogens is 385 g/mol. The van der Waals surface area contributed by atoms with Gasteiger partial charge in [-0.15, -0.1) is 35.3 Å². The highest BCUT2D eigenvalue weighted by molar-refractivity contribution is 14.0. The maximum atomic E-state index is 10.3. The van der Waals surface area contributed by atoms with Crippen molar-refractivity contribution in [2.45, 2.75) is 45.1 Å². The van der Waals surface area contributed by atoms with Crippen LogP contribution in [0.5, 0.6) is 0 Å². The Kier molecular flexibility index (Phi) is 10.2. The van der Waals surface area contributed by atoms with E-state index in [2.05, 4.69) is 17.2 Å². The second-order valence-electron chi connectivity index (χ2n) is 4.94. The van der Waals surface area contributed by atoms with Crippen LogP contribution in [0.25, 0.3) is 0 Å². The van der Waals surface area contributed by atoms with Gasteiger partial charge in [0.2, 0.25) is 0 Å². The Bertz CT molecular complexity index is 380. The Morgan fingerprint density at radius 3 is 2.80 bits per heavy atom. The molecule has 0 fully saturated rings. The fraction of sp³-hybridized carbons (Fsp3) is 0.643. The van der Waals surface area contributed by atoms with Gasteiger partial charge in [-0.05, 0) is 24.8 Å². The van der Waals surface area contributed by atoms with Crippen LogP contribution in [0.3, 0.4) is 0 Å². The van der Waals surface area contributed by atoms with E-state index in [-0.39, 0.29) is 30.5 Å². The van der Waals surface area contributed by atoms with E-state index in [0.29, 0.717) is 5.96 Å². The molecule has 0 amide bonds. The molecule has 0 radical (unpaired) electrons. The molecule has 1 heterocycles. The molecule has 1 aromatic rings. The van der Waals surface area contributed by atoms with Crippen LogP contribution < -0.4 is 11.1 Å². The van der Waals surface area contributed by atoms with Gasteiger partial charge >= 0.3 is 0 Å². The van der Waals surface area contributed by atoms with Crippen LogP contribution in [0, 0.1) is 0 Å². The van der Waals surface area contributed by atoms with Gasteiger partial charge in [0.25, 0.3) is 0 Å². The van der Waals surface area contributed by atoms with Gasteiger partial charge in [0.15, 0.2) is 5.96 Å². The number of hydrogen-bond acceptors (Lipinski definition) is 3. The van der Waals surface area contributed by atoms with Crippen molar-refractivity contribution in [1.82, 2.24) is 5.32 Å². The Labute approximate surface area is 142 Å². The lowest BCUT2D eigenvalue weighted by Crippen LogP contribution is -2.34. The molecule has 1 unspecified atom stereocenters. The van der Waals surface area contributed by atoms with Crippen molar-refractivity contribution in [2.24, 2.45) is 10.7 Å². The molecule has 4 N–H and O–H groups in total. The number of aliphatic imine (C=N–C) groups is 1. The van der Waals surface area contributed by atoms with Crippen LogP contribution in [-0.2, 0) is 5.60 Å².